The van der Waals surface area contributed by atoms with Crippen LogP contribution in [0.25, 0.3) is 0 Å². The molecule has 0 unspecified atom stereocenters. The molecule has 0 saturated heterocycles. The first-order chi connectivity index (χ1) is 7.95. The van der Waals surface area contributed by atoms with Gasteiger partial charge in [0, 0.05) is 14.1 Å². The van der Waals surface area contributed by atoms with Crippen molar-refractivity contribution in [3.8, 4) is 0 Å². The average Bonchev–Trinajstić information content (AvgIpc) is 2.29. The summed E-state index contributed by atoms with van der Waals surface area (Å²) in [6.45, 7) is -0.234. The zero-order chi connectivity index (χ0) is 12.9. The largest absolute Gasteiger partial charge is 0.395 e. The Balaban J connectivity index is 2.68. The molecule has 1 atom stereocenters. The van der Waals surface area contributed by atoms with E-state index in [4.69, 9.17) is 0 Å². The van der Waals surface area contributed by atoms with Crippen molar-refractivity contribution in [3.63, 3.8) is 0 Å². The van der Waals surface area contributed by atoms with E-state index < -0.39 is 16.3 Å². The fourth-order valence-corrected chi connectivity index (χ4v) is 2.15. The molecule has 96 valence electrons. The molecule has 0 fully saturated rings. The highest BCUT2D eigenvalue weighted by Crippen LogP contribution is 2.04. The number of nitrogens with zero attached hydrogens (tertiary/aromatic N) is 1. The highest BCUT2D eigenvalue weighted by molar-refractivity contribution is 7.87. The summed E-state index contributed by atoms with van der Waals surface area (Å²) in [4.78, 5) is 0. The minimum atomic E-state index is -3.51. The molecule has 0 aliphatic heterocycles. The maximum atomic E-state index is 11.6. The number of hydrogen-bond acceptors (Lipinski definition) is 3. The van der Waals surface area contributed by atoms with Crippen molar-refractivity contribution < 1.29 is 13.5 Å². The van der Waals surface area contributed by atoms with Gasteiger partial charge in [0.05, 0.1) is 12.6 Å². The van der Waals surface area contributed by atoms with E-state index in [-0.39, 0.29) is 6.61 Å². The number of hydrogen-bond donors (Lipinski definition) is 2. The lowest BCUT2D eigenvalue weighted by atomic mass is 10.1. The molecule has 0 saturated carbocycles. The number of benzene rings is 1. The van der Waals surface area contributed by atoms with Crippen LogP contribution in [-0.2, 0) is 16.6 Å². The predicted octanol–water partition coefficient (Wildman–Crippen LogP) is -0.0140. The fraction of sp³-hybridized carbons (Fsp3) is 0.455. The molecule has 1 rings (SSSR count). The van der Waals surface area contributed by atoms with Crippen LogP contribution in [0, 0.1) is 0 Å². The zero-order valence-electron chi connectivity index (χ0n) is 10.00. The first-order valence-electron chi connectivity index (χ1n) is 5.30. The van der Waals surface area contributed by atoms with Gasteiger partial charge in [-0.1, -0.05) is 30.3 Å². The molecule has 0 heterocycles. The van der Waals surface area contributed by atoms with Crippen molar-refractivity contribution in [1.29, 1.82) is 0 Å². The van der Waals surface area contributed by atoms with Crippen molar-refractivity contribution in [2.24, 2.45) is 0 Å². The van der Waals surface area contributed by atoms with E-state index in [9.17, 15) is 13.5 Å². The highest BCUT2D eigenvalue weighted by Gasteiger charge is 2.19. The summed E-state index contributed by atoms with van der Waals surface area (Å²) in [5.41, 5.74) is 0.980. The van der Waals surface area contributed by atoms with Crippen molar-refractivity contribution in [2.75, 3.05) is 20.7 Å². The summed E-state index contributed by atoms with van der Waals surface area (Å²) in [5.74, 6) is 0. The summed E-state index contributed by atoms with van der Waals surface area (Å²) in [6.07, 6.45) is 0.463. The Bertz CT molecular complexity index is 431. The van der Waals surface area contributed by atoms with Gasteiger partial charge in [-0.25, -0.2) is 0 Å². The molecule has 1 aromatic rings. The molecule has 6 heteroatoms. The fourth-order valence-electron chi connectivity index (χ4n) is 1.36. The molecule has 0 aliphatic carbocycles. The van der Waals surface area contributed by atoms with E-state index in [2.05, 4.69) is 4.72 Å². The topological polar surface area (TPSA) is 69.6 Å². The van der Waals surface area contributed by atoms with Gasteiger partial charge in [0.1, 0.15) is 0 Å². The minimum absolute atomic E-state index is 0.234. The van der Waals surface area contributed by atoms with Gasteiger partial charge in [-0.15, -0.1) is 0 Å². The normalized spacial score (nSPS) is 13.9. The lowest BCUT2D eigenvalue weighted by Crippen LogP contribution is -2.44. The number of nitrogens with one attached hydrogen (secondary N) is 1. The molecule has 0 spiro atoms. The van der Waals surface area contributed by atoms with Gasteiger partial charge >= 0.3 is 0 Å². The van der Waals surface area contributed by atoms with Crippen molar-refractivity contribution in [1.82, 2.24) is 9.03 Å². The second-order valence-corrected chi connectivity index (χ2v) is 5.89. The van der Waals surface area contributed by atoms with E-state index in [1.165, 1.54) is 14.1 Å². The molecule has 5 nitrogen and oxygen atoms in total. The van der Waals surface area contributed by atoms with Crippen molar-refractivity contribution in [2.45, 2.75) is 12.5 Å². The number of aliphatic hydroxyl groups is 1. The van der Waals surface area contributed by atoms with E-state index in [0.717, 1.165) is 9.87 Å². The monoisotopic (exact) mass is 258 g/mol. The van der Waals surface area contributed by atoms with Gasteiger partial charge in [0.15, 0.2) is 0 Å². The van der Waals surface area contributed by atoms with Crippen LogP contribution in [-0.4, -0.2) is 44.6 Å². The summed E-state index contributed by atoms with van der Waals surface area (Å²) < 4.78 is 26.7. The number of rotatable bonds is 6. The Morgan fingerprint density at radius 1 is 1.29 bits per heavy atom. The van der Waals surface area contributed by atoms with Gasteiger partial charge in [-0.3, -0.25) is 0 Å². The van der Waals surface area contributed by atoms with Crippen LogP contribution >= 0.6 is 0 Å². The van der Waals surface area contributed by atoms with Gasteiger partial charge < -0.3 is 5.11 Å². The maximum absolute atomic E-state index is 11.6. The molecular formula is C11H18N2O3S. The third kappa shape index (κ3) is 4.43. The van der Waals surface area contributed by atoms with E-state index in [1.807, 2.05) is 30.3 Å². The Kier molecular flexibility index (Phi) is 5.07. The first-order valence-corrected chi connectivity index (χ1v) is 6.74. The third-order valence-electron chi connectivity index (χ3n) is 2.34. The maximum Gasteiger partial charge on any atom is 0.279 e. The van der Waals surface area contributed by atoms with Gasteiger partial charge in [-0.05, 0) is 12.0 Å². The lowest BCUT2D eigenvalue weighted by molar-refractivity contribution is 0.254. The molecule has 0 aromatic heterocycles. The molecule has 0 radical (unpaired) electrons. The molecule has 2 N–H and O–H groups in total. The smallest absolute Gasteiger partial charge is 0.279 e. The summed E-state index contributed by atoms with van der Waals surface area (Å²) in [5, 5.41) is 9.19. The molecular weight excluding hydrogens is 240 g/mol. The predicted molar refractivity (Wildman–Crippen MR) is 66.8 cm³/mol. The van der Waals surface area contributed by atoms with E-state index in [1.54, 1.807) is 0 Å². The SMILES string of the molecule is CN(C)S(=O)(=O)N[C@@H](CO)Cc1ccccc1. The Hall–Kier alpha value is -0.950. The first kappa shape index (κ1) is 14.1. The number of aliphatic hydroxyl groups excluding tert-OH is 1. The van der Waals surface area contributed by atoms with Crippen LogP contribution < -0.4 is 4.72 Å². The summed E-state index contributed by atoms with van der Waals surface area (Å²) in [6, 6.07) is 8.93. The van der Waals surface area contributed by atoms with Crippen molar-refractivity contribution in [3.05, 3.63) is 35.9 Å². The molecule has 1 aromatic carbocycles. The zero-order valence-corrected chi connectivity index (χ0v) is 10.8. The molecule has 17 heavy (non-hydrogen) atoms. The minimum Gasteiger partial charge on any atom is -0.395 e. The lowest BCUT2D eigenvalue weighted by Gasteiger charge is -2.19. The second kappa shape index (κ2) is 6.11. The quantitative estimate of drug-likeness (QED) is 0.754. The Morgan fingerprint density at radius 2 is 1.88 bits per heavy atom. The second-order valence-electron chi connectivity index (χ2n) is 3.97. The van der Waals surface area contributed by atoms with Crippen LogP contribution in [0.4, 0.5) is 0 Å². The Labute approximate surface area is 102 Å². The molecule has 0 amide bonds. The van der Waals surface area contributed by atoms with Gasteiger partial charge in [0.25, 0.3) is 10.2 Å². The van der Waals surface area contributed by atoms with Crippen LogP contribution in [0.2, 0.25) is 0 Å². The molecule has 0 bridgehead atoms. The van der Waals surface area contributed by atoms with Crippen LogP contribution in [0.15, 0.2) is 30.3 Å². The standard InChI is InChI=1S/C11H18N2O3S/c1-13(2)17(15,16)12-11(9-14)8-10-6-4-3-5-7-10/h3-7,11-12,14H,8-9H2,1-2H3/t11-/m1/s1. The summed E-state index contributed by atoms with van der Waals surface area (Å²) >= 11 is 0. The van der Waals surface area contributed by atoms with Crippen LogP contribution in [0.1, 0.15) is 5.56 Å². The average molecular weight is 258 g/mol. The van der Waals surface area contributed by atoms with E-state index >= 15 is 0 Å². The van der Waals surface area contributed by atoms with Crippen LogP contribution in [0.3, 0.4) is 0 Å². The van der Waals surface area contributed by atoms with Gasteiger partial charge in [-0.2, -0.15) is 17.4 Å². The highest BCUT2D eigenvalue weighted by atomic mass is 32.2. The van der Waals surface area contributed by atoms with Crippen molar-refractivity contribution >= 4 is 10.2 Å². The third-order valence-corrected chi connectivity index (χ3v) is 3.93. The Morgan fingerprint density at radius 3 is 2.35 bits per heavy atom. The van der Waals surface area contributed by atoms with Crippen LogP contribution in [0.5, 0.6) is 0 Å². The summed E-state index contributed by atoms with van der Waals surface area (Å²) in [7, 11) is -0.619. The molecule has 0 aliphatic rings. The van der Waals surface area contributed by atoms with E-state index in [0.29, 0.717) is 6.42 Å². The van der Waals surface area contributed by atoms with Gasteiger partial charge in [0.2, 0.25) is 0 Å².